The quantitative estimate of drug-likeness (QED) is 0.815. The maximum absolute atomic E-state index is 12.5. The zero-order valence-corrected chi connectivity index (χ0v) is 14.2. The van der Waals surface area contributed by atoms with Gasteiger partial charge in [-0.3, -0.25) is 4.79 Å². The van der Waals surface area contributed by atoms with E-state index in [9.17, 15) is 4.79 Å². The van der Waals surface area contributed by atoms with Gasteiger partial charge in [0.05, 0.1) is 10.2 Å². The van der Waals surface area contributed by atoms with Crippen LogP contribution >= 0.6 is 27.3 Å². The van der Waals surface area contributed by atoms with Gasteiger partial charge in [-0.05, 0) is 46.6 Å². The number of nitrogens with two attached hydrogens (primary N) is 1. The number of hydrogen-bond acceptors (Lipinski definition) is 3. The molecule has 0 aliphatic carbocycles. The van der Waals surface area contributed by atoms with Crippen LogP contribution in [0, 0.1) is 0 Å². The van der Waals surface area contributed by atoms with Gasteiger partial charge in [0, 0.05) is 18.0 Å². The molecule has 0 aliphatic rings. The van der Waals surface area contributed by atoms with Gasteiger partial charge in [-0.25, -0.2) is 0 Å². The third-order valence-electron chi connectivity index (χ3n) is 3.16. The maximum Gasteiger partial charge on any atom is 0.228 e. The summed E-state index contributed by atoms with van der Waals surface area (Å²) in [5, 5.41) is 0. The Bertz CT molecular complexity index is 571. The van der Waals surface area contributed by atoms with Crippen LogP contribution in [0.3, 0.4) is 0 Å². The zero-order chi connectivity index (χ0) is 15.1. The number of benzene rings is 1. The van der Waals surface area contributed by atoms with E-state index >= 15 is 0 Å². The van der Waals surface area contributed by atoms with Crippen molar-refractivity contribution < 1.29 is 4.79 Å². The molecule has 0 bridgehead atoms. The van der Waals surface area contributed by atoms with Crippen LogP contribution < -0.4 is 5.73 Å². The smallest absolute Gasteiger partial charge is 0.228 e. The van der Waals surface area contributed by atoms with Gasteiger partial charge in [0.2, 0.25) is 5.91 Å². The molecule has 1 heterocycles. The molecule has 0 saturated carbocycles. The van der Waals surface area contributed by atoms with E-state index in [0.717, 1.165) is 20.6 Å². The van der Waals surface area contributed by atoms with Crippen molar-refractivity contribution in [1.29, 1.82) is 0 Å². The number of carbonyl (C=O) groups excluding carboxylic acids is 1. The molecule has 3 nitrogen and oxygen atoms in total. The fourth-order valence-electron chi connectivity index (χ4n) is 2.09. The Morgan fingerprint density at radius 1 is 1.19 bits per heavy atom. The van der Waals surface area contributed by atoms with Gasteiger partial charge in [0.1, 0.15) is 0 Å². The topological polar surface area (TPSA) is 46.3 Å². The largest absolute Gasteiger partial charge is 0.338 e. The number of halogens is 1. The number of carbonyl (C=O) groups is 1. The van der Waals surface area contributed by atoms with Crippen molar-refractivity contribution in [3.63, 3.8) is 0 Å². The first-order valence-corrected chi connectivity index (χ1v) is 8.56. The molecule has 1 aromatic heterocycles. The molecule has 21 heavy (non-hydrogen) atoms. The standard InChI is InChI=1S/C16H19BrN2OS/c17-15-8-7-14(21-15)11-16(20)19(10-4-9-18)12-13-5-2-1-3-6-13/h1-3,5-8H,4,9-12,18H2. The van der Waals surface area contributed by atoms with Gasteiger partial charge < -0.3 is 10.6 Å². The number of thiophene rings is 1. The summed E-state index contributed by atoms with van der Waals surface area (Å²) in [6.45, 7) is 1.95. The molecule has 0 spiro atoms. The average molecular weight is 367 g/mol. The summed E-state index contributed by atoms with van der Waals surface area (Å²) < 4.78 is 1.06. The molecule has 0 fully saturated rings. The fraction of sp³-hybridized carbons (Fsp3) is 0.312. The van der Waals surface area contributed by atoms with E-state index in [4.69, 9.17) is 5.73 Å². The van der Waals surface area contributed by atoms with Crippen molar-refractivity contribution in [1.82, 2.24) is 4.90 Å². The summed E-state index contributed by atoms with van der Waals surface area (Å²) in [6.07, 6.45) is 1.28. The van der Waals surface area contributed by atoms with Gasteiger partial charge >= 0.3 is 0 Å². The molecule has 1 amide bonds. The van der Waals surface area contributed by atoms with Crippen LogP contribution in [0.1, 0.15) is 16.9 Å². The Kier molecular flexibility index (Phi) is 6.42. The SMILES string of the molecule is NCCCN(Cc1ccccc1)C(=O)Cc1ccc(Br)s1. The predicted molar refractivity (Wildman–Crippen MR) is 91.3 cm³/mol. The summed E-state index contributed by atoms with van der Waals surface area (Å²) in [5.41, 5.74) is 6.73. The van der Waals surface area contributed by atoms with Crippen molar-refractivity contribution in [3.05, 3.63) is 56.7 Å². The molecule has 0 aliphatic heterocycles. The second-order valence-corrected chi connectivity index (χ2v) is 7.37. The summed E-state index contributed by atoms with van der Waals surface area (Å²) in [4.78, 5) is 15.5. The van der Waals surface area contributed by atoms with Crippen molar-refractivity contribution in [2.75, 3.05) is 13.1 Å². The molecule has 0 saturated heterocycles. The minimum absolute atomic E-state index is 0.154. The zero-order valence-electron chi connectivity index (χ0n) is 11.8. The monoisotopic (exact) mass is 366 g/mol. The molecule has 2 N–H and O–H groups in total. The van der Waals surface area contributed by atoms with Crippen molar-refractivity contribution in [3.8, 4) is 0 Å². The Balaban J connectivity index is 2.02. The average Bonchev–Trinajstić information content (AvgIpc) is 2.89. The van der Waals surface area contributed by atoms with E-state index in [2.05, 4.69) is 15.9 Å². The van der Waals surface area contributed by atoms with E-state index < -0.39 is 0 Å². The first-order chi connectivity index (χ1) is 10.2. The van der Waals surface area contributed by atoms with E-state index in [1.807, 2.05) is 47.4 Å². The van der Waals surface area contributed by atoms with Crippen LogP contribution in [0.15, 0.2) is 46.3 Å². The second-order valence-electron chi connectivity index (χ2n) is 4.83. The van der Waals surface area contributed by atoms with Crippen LogP contribution in [-0.2, 0) is 17.8 Å². The molecule has 5 heteroatoms. The first kappa shape index (κ1) is 16.2. The number of hydrogen-bond donors (Lipinski definition) is 1. The molecule has 2 aromatic rings. The highest BCUT2D eigenvalue weighted by Crippen LogP contribution is 2.23. The molecule has 0 radical (unpaired) electrons. The molecule has 0 atom stereocenters. The number of nitrogens with zero attached hydrogens (tertiary/aromatic N) is 1. The lowest BCUT2D eigenvalue weighted by atomic mass is 10.2. The van der Waals surface area contributed by atoms with E-state index in [0.29, 0.717) is 26.1 Å². The highest BCUT2D eigenvalue weighted by atomic mass is 79.9. The van der Waals surface area contributed by atoms with Crippen LogP contribution in [0.4, 0.5) is 0 Å². The van der Waals surface area contributed by atoms with Crippen molar-refractivity contribution in [2.45, 2.75) is 19.4 Å². The molecular formula is C16H19BrN2OS. The second kappa shape index (κ2) is 8.32. The van der Waals surface area contributed by atoms with Crippen molar-refractivity contribution in [2.24, 2.45) is 5.73 Å². The normalized spacial score (nSPS) is 10.6. The molecular weight excluding hydrogens is 348 g/mol. The summed E-state index contributed by atoms with van der Waals surface area (Å²) in [5.74, 6) is 0.154. The lowest BCUT2D eigenvalue weighted by Crippen LogP contribution is -2.33. The van der Waals surface area contributed by atoms with E-state index in [-0.39, 0.29) is 5.91 Å². The Morgan fingerprint density at radius 2 is 1.95 bits per heavy atom. The molecule has 1 aromatic carbocycles. The highest BCUT2D eigenvalue weighted by molar-refractivity contribution is 9.11. The summed E-state index contributed by atoms with van der Waals surface area (Å²) in [7, 11) is 0. The van der Waals surface area contributed by atoms with Crippen LogP contribution in [0.2, 0.25) is 0 Å². The van der Waals surface area contributed by atoms with Gasteiger partial charge in [0.25, 0.3) is 0 Å². The lowest BCUT2D eigenvalue weighted by Gasteiger charge is -2.22. The van der Waals surface area contributed by atoms with Gasteiger partial charge in [-0.2, -0.15) is 0 Å². The fourth-order valence-corrected chi connectivity index (χ4v) is 3.56. The summed E-state index contributed by atoms with van der Waals surface area (Å²) >= 11 is 5.04. The Labute approximate surface area is 137 Å². The molecule has 112 valence electrons. The third kappa shape index (κ3) is 5.26. The predicted octanol–water partition coefficient (Wildman–Crippen LogP) is 3.43. The van der Waals surface area contributed by atoms with Gasteiger partial charge in [0.15, 0.2) is 0 Å². The van der Waals surface area contributed by atoms with Gasteiger partial charge in [-0.1, -0.05) is 30.3 Å². The van der Waals surface area contributed by atoms with Crippen LogP contribution in [-0.4, -0.2) is 23.9 Å². The maximum atomic E-state index is 12.5. The Morgan fingerprint density at radius 3 is 2.57 bits per heavy atom. The first-order valence-electron chi connectivity index (χ1n) is 6.95. The molecule has 2 rings (SSSR count). The van der Waals surface area contributed by atoms with E-state index in [1.54, 1.807) is 11.3 Å². The number of rotatable bonds is 7. The van der Waals surface area contributed by atoms with Crippen LogP contribution in [0.25, 0.3) is 0 Å². The highest BCUT2D eigenvalue weighted by Gasteiger charge is 2.15. The molecule has 0 unspecified atom stereocenters. The Hall–Kier alpha value is -1.17. The summed E-state index contributed by atoms with van der Waals surface area (Å²) in [6, 6.07) is 14.0. The number of amides is 1. The third-order valence-corrected chi connectivity index (χ3v) is 4.78. The van der Waals surface area contributed by atoms with Crippen molar-refractivity contribution >= 4 is 33.2 Å². The lowest BCUT2D eigenvalue weighted by molar-refractivity contribution is -0.131. The van der Waals surface area contributed by atoms with Crippen LogP contribution in [0.5, 0.6) is 0 Å². The van der Waals surface area contributed by atoms with E-state index in [1.165, 1.54) is 0 Å². The van der Waals surface area contributed by atoms with Gasteiger partial charge in [-0.15, -0.1) is 11.3 Å². The minimum atomic E-state index is 0.154. The minimum Gasteiger partial charge on any atom is -0.338 e.